The highest BCUT2D eigenvalue weighted by molar-refractivity contribution is 7.89. The molecule has 0 aliphatic carbocycles. The van der Waals surface area contributed by atoms with Gasteiger partial charge in [-0.3, -0.25) is 0 Å². The van der Waals surface area contributed by atoms with Crippen molar-refractivity contribution in [2.24, 2.45) is 5.10 Å². The fraction of sp³-hybridized carbons (Fsp3) is 0.208. The number of hydrazone groups is 1. The number of sulfonamides is 1. The van der Waals surface area contributed by atoms with Gasteiger partial charge in [-0.25, -0.2) is 4.83 Å². The van der Waals surface area contributed by atoms with E-state index in [1.165, 1.54) is 18.3 Å². The van der Waals surface area contributed by atoms with Crippen molar-refractivity contribution in [1.82, 2.24) is 4.83 Å². The van der Waals surface area contributed by atoms with Gasteiger partial charge in [0.05, 0.1) is 24.8 Å². The van der Waals surface area contributed by atoms with Crippen LogP contribution in [0.1, 0.15) is 23.6 Å². The van der Waals surface area contributed by atoms with Crippen LogP contribution in [0.3, 0.4) is 0 Å². The summed E-state index contributed by atoms with van der Waals surface area (Å²) in [6, 6.07) is 19.4. The standard InChI is InChI=1S/C24H26N2O5S/c1-4-30-21-11-13-22(14-12-21)32(27,28)26-25-16-20-9-6-10-23(29-3)24(20)31-17-19-8-5-7-18(2)15-19/h5-16,26H,4,17H2,1-3H3/b25-16+. The van der Waals surface area contributed by atoms with Crippen LogP contribution < -0.4 is 19.0 Å². The first-order valence-electron chi connectivity index (χ1n) is 10.1. The molecule has 3 aromatic carbocycles. The van der Waals surface area contributed by atoms with Gasteiger partial charge in [-0.05, 0) is 55.8 Å². The molecule has 0 aliphatic rings. The minimum absolute atomic E-state index is 0.0830. The molecule has 0 unspecified atom stereocenters. The molecule has 7 nitrogen and oxygen atoms in total. The number of nitrogens with zero attached hydrogens (tertiary/aromatic N) is 1. The van der Waals surface area contributed by atoms with Crippen LogP contribution >= 0.6 is 0 Å². The first-order chi connectivity index (χ1) is 15.4. The topological polar surface area (TPSA) is 86.2 Å². The summed E-state index contributed by atoms with van der Waals surface area (Å²) in [6.07, 6.45) is 1.39. The predicted octanol–water partition coefficient (Wildman–Crippen LogP) is 4.29. The number of benzene rings is 3. The van der Waals surface area contributed by atoms with Crippen molar-refractivity contribution in [1.29, 1.82) is 0 Å². The smallest absolute Gasteiger partial charge is 0.276 e. The van der Waals surface area contributed by atoms with Gasteiger partial charge in [0, 0.05) is 5.56 Å². The maximum Gasteiger partial charge on any atom is 0.276 e. The Morgan fingerprint density at radius 3 is 2.44 bits per heavy atom. The largest absolute Gasteiger partial charge is 0.494 e. The molecule has 32 heavy (non-hydrogen) atoms. The second-order valence-electron chi connectivity index (χ2n) is 6.91. The van der Waals surface area contributed by atoms with Crippen molar-refractivity contribution in [3.8, 4) is 17.2 Å². The van der Waals surface area contributed by atoms with E-state index in [1.54, 1.807) is 37.4 Å². The molecular weight excluding hydrogens is 428 g/mol. The monoisotopic (exact) mass is 454 g/mol. The van der Waals surface area contributed by atoms with Crippen molar-refractivity contribution in [2.45, 2.75) is 25.3 Å². The average molecular weight is 455 g/mol. The highest BCUT2D eigenvalue weighted by Crippen LogP contribution is 2.31. The van der Waals surface area contributed by atoms with Gasteiger partial charge in [0.25, 0.3) is 10.0 Å². The number of methoxy groups -OCH3 is 1. The second-order valence-corrected chi connectivity index (χ2v) is 8.57. The summed E-state index contributed by atoms with van der Waals surface area (Å²) in [4.78, 5) is 2.31. The van der Waals surface area contributed by atoms with E-state index in [0.29, 0.717) is 36.0 Å². The lowest BCUT2D eigenvalue weighted by Crippen LogP contribution is -2.18. The maximum atomic E-state index is 12.5. The van der Waals surface area contributed by atoms with Gasteiger partial charge >= 0.3 is 0 Å². The molecule has 0 saturated heterocycles. The first-order valence-corrected chi connectivity index (χ1v) is 11.5. The lowest BCUT2D eigenvalue weighted by Gasteiger charge is -2.13. The summed E-state index contributed by atoms with van der Waals surface area (Å²) in [5.74, 6) is 1.60. The summed E-state index contributed by atoms with van der Waals surface area (Å²) >= 11 is 0. The van der Waals surface area contributed by atoms with Crippen LogP contribution in [0.5, 0.6) is 17.2 Å². The minimum atomic E-state index is -3.83. The van der Waals surface area contributed by atoms with Crippen molar-refractivity contribution >= 4 is 16.2 Å². The average Bonchev–Trinajstić information content (AvgIpc) is 2.78. The fourth-order valence-corrected chi connectivity index (χ4v) is 3.80. The van der Waals surface area contributed by atoms with Crippen LogP contribution in [0.25, 0.3) is 0 Å². The second kappa shape index (κ2) is 10.7. The van der Waals surface area contributed by atoms with Crippen LogP contribution in [-0.2, 0) is 16.6 Å². The Morgan fingerprint density at radius 2 is 1.75 bits per heavy atom. The molecule has 1 N–H and O–H groups in total. The van der Waals surface area contributed by atoms with Gasteiger partial charge in [-0.1, -0.05) is 35.9 Å². The van der Waals surface area contributed by atoms with Crippen LogP contribution in [-0.4, -0.2) is 28.3 Å². The number of aryl methyl sites for hydroxylation is 1. The third-order valence-corrected chi connectivity index (χ3v) is 5.76. The predicted molar refractivity (Wildman–Crippen MR) is 124 cm³/mol. The normalized spacial score (nSPS) is 11.3. The molecule has 0 spiro atoms. The number of para-hydroxylation sites is 1. The first kappa shape index (κ1) is 23.1. The highest BCUT2D eigenvalue weighted by Gasteiger charge is 2.14. The van der Waals surface area contributed by atoms with E-state index >= 15 is 0 Å². The third-order valence-electron chi connectivity index (χ3n) is 4.52. The Morgan fingerprint density at radius 1 is 1.00 bits per heavy atom. The minimum Gasteiger partial charge on any atom is -0.494 e. The zero-order valence-electron chi connectivity index (χ0n) is 18.2. The molecule has 0 radical (unpaired) electrons. The molecule has 3 rings (SSSR count). The van der Waals surface area contributed by atoms with Gasteiger partial charge in [-0.2, -0.15) is 13.5 Å². The molecule has 168 valence electrons. The van der Waals surface area contributed by atoms with Gasteiger partial charge in [-0.15, -0.1) is 0 Å². The summed E-state index contributed by atoms with van der Waals surface area (Å²) < 4.78 is 41.8. The molecule has 0 saturated carbocycles. The van der Waals surface area contributed by atoms with E-state index in [9.17, 15) is 8.42 Å². The Hall–Kier alpha value is -3.52. The van der Waals surface area contributed by atoms with Crippen LogP contribution in [0.15, 0.2) is 76.7 Å². The Kier molecular flexibility index (Phi) is 7.72. The quantitative estimate of drug-likeness (QED) is 0.365. The van der Waals surface area contributed by atoms with Crippen LogP contribution in [0.4, 0.5) is 0 Å². The van der Waals surface area contributed by atoms with E-state index in [4.69, 9.17) is 14.2 Å². The maximum absolute atomic E-state index is 12.5. The zero-order chi connectivity index (χ0) is 23.0. The SMILES string of the molecule is CCOc1ccc(S(=O)(=O)N/N=C/c2cccc(OC)c2OCc2cccc(C)c2)cc1. The van der Waals surface area contributed by atoms with Crippen molar-refractivity contribution < 1.29 is 22.6 Å². The van der Waals surface area contributed by atoms with Crippen molar-refractivity contribution in [3.05, 3.63) is 83.4 Å². The van der Waals surface area contributed by atoms with Gasteiger partial charge in [0.15, 0.2) is 11.5 Å². The number of hydrogen-bond donors (Lipinski definition) is 1. The fourth-order valence-electron chi connectivity index (χ4n) is 3.01. The van der Waals surface area contributed by atoms with Crippen molar-refractivity contribution in [2.75, 3.05) is 13.7 Å². The Balaban J connectivity index is 1.75. The van der Waals surface area contributed by atoms with E-state index in [1.807, 2.05) is 38.1 Å². The Bertz CT molecular complexity index is 1180. The summed E-state index contributed by atoms with van der Waals surface area (Å²) in [5.41, 5.74) is 2.72. The molecule has 3 aromatic rings. The van der Waals surface area contributed by atoms with E-state index in [-0.39, 0.29) is 4.90 Å². The van der Waals surface area contributed by atoms with Gasteiger partial charge in [0.1, 0.15) is 12.4 Å². The molecule has 0 heterocycles. The third kappa shape index (κ3) is 6.01. The molecule has 0 aromatic heterocycles. The summed E-state index contributed by atoms with van der Waals surface area (Å²) in [6.45, 7) is 4.71. The molecule has 0 bridgehead atoms. The van der Waals surface area contributed by atoms with Crippen LogP contribution in [0, 0.1) is 6.92 Å². The Labute approximate surface area is 188 Å². The molecular formula is C24H26N2O5S. The lowest BCUT2D eigenvalue weighted by atomic mass is 10.1. The van der Waals surface area contributed by atoms with E-state index in [0.717, 1.165) is 11.1 Å². The number of ether oxygens (including phenoxy) is 3. The molecule has 8 heteroatoms. The van der Waals surface area contributed by atoms with E-state index in [2.05, 4.69) is 9.93 Å². The molecule has 0 atom stereocenters. The summed E-state index contributed by atoms with van der Waals surface area (Å²) in [5, 5.41) is 3.92. The van der Waals surface area contributed by atoms with Crippen LogP contribution in [0.2, 0.25) is 0 Å². The summed E-state index contributed by atoms with van der Waals surface area (Å²) in [7, 11) is -2.28. The molecule has 0 aliphatic heterocycles. The number of nitrogens with one attached hydrogen (secondary N) is 1. The number of rotatable bonds is 10. The van der Waals surface area contributed by atoms with Gasteiger partial charge < -0.3 is 14.2 Å². The van der Waals surface area contributed by atoms with Gasteiger partial charge in [0.2, 0.25) is 0 Å². The molecule has 0 fully saturated rings. The highest BCUT2D eigenvalue weighted by atomic mass is 32.2. The van der Waals surface area contributed by atoms with E-state index < -0.39 is 10.0 Å². The molecule has 0 amide bonds. The zero-order valence-corrected chi connectivity index (χ0v) is 19.1. The van der Waals surface area contributed by atoms with Crippen molar-refractivity contribution in [3.63, 3.8) is 0 Å². The lowest BCUT2D eigenvalue weighted by molar-refractivity contribution is 0.284. The number of hydrogen-bond acceptors (Lipinski definition) is 6.